The monoisotopic (exact) mass is 733 g/mol. The van der Waals surface area contributed by atoms with E-state index >= 15 is 0 Å². The summed E-state index contributed by atoms with van der Waals surface area (Å²) in [7, 11) is 5.49. The largest absolute Gasteiger partial charge is 0.459 e. The van der Waals surface area contributed by atoms with Crippen molar-refractivity contribution in [1.29, 1.82) is 0 Å². The van der Waals surface area contributed by atoms with Crippen molar-refractivity contribution in [3.63, 3.8) is 0 Å². The number of hydrogen-bond acceptors (Lipinski definition) is 13. The van der Waals surface area contributed by atoms with Gasteiger partial charge in [0.15, 0.2) is 12.6 Å². The molecule has 0 aromatic heterocycles. The van der Waals surface area contributed by atoms with Gasteiger partial charge in [-0.3, -0.25) is 4.79 Å². The highest BCUT2D eigenvalue weighted by atomic mass is 16.7. The van der Waals surface area contributed by atoms with Crippen molar-refractivity contribution >= 4 is 5.97 Å². The Labute approximate surface area is 306 Å². The van der Waals surface area contributed by atoms with E-state index in [1.54, 1.807) is 41.5 Å². The maximum Gasteiger partial charge on any atom is 0.311 e. The molecule has 2 heterocycles. The van der Waals surface area contributed by atoms with Crippen LogP contribution in [0.5, 0.6) is 0 Å². The molecule has 0 aromatic rings. The van der Waals surface area contributed by atoms with Gasteiger partial charge in [0.1, 0.15) is 23.9 Å². The highest BCUT2D eigenvalue weighted by Crippen LogP contribution is 2.40. The Kier molecular flexibility index (Phi) is 15.8. The Hall–Kier alpha value is -0.970. The quantitative estimate of drug-likeness (QED) is 0.135. The molecular weight excluding hydrogens is 660 g/mol. The first-order valence-electron chi connectivity index (χ1n) is 19.2. The number of esters is 1. The first-order valence-corrected chi connectivity index (χ1v) is 19.2. The third-order valence-electron chi connectivity index (χ3n) is 12.0. The molecule has 51 heavy (non-hydrogen) atoms. The Balaban J connectivity index is 2.08. The number of rotatable bonds is 11. The molecule has 6 N–H and O–H groups in total. The summed E-state index contributed by atoms with van der Waals surface area (Å²) in [5.41, 5.74) is -4.31. The number of hydrogen-bond donors (Lipinski definition) is 6. The van der Waals surface area contributed by atoms with E-state index in [0.29, 0.717) is 18.9 Å². The van der Waals surface area contributed by atoms with Crippen LogP contribution in [0, 0.1) is 23.7 Å². The normalized spacial score (nSPS) is 45.1. The van der Waals surface area contributed by atoms with Crippen LogP contribution in [0.4, 0.5) is 0 Å². The minimum atomic E-state index is -1.79. The molecule has 3 fully saturated rings. The molecular formula is C38H72N2O11. The van der Waals surface area contributed by atoms with Gasteiger partial charge in [-0.25, -0.2) is 0 Å². The Morgan fingerprint density at radius 1 is 1.02 bits per heavy atom. The lowest BCUT2D eigenvalue weighted by molar-refractivity contribution is -0.304. The van der Waals surface area contributed by atoms with Crippen molar-refractivity contribution in [2.75, 3.05) is 27.7 Å². The Morgan fingerprint density at radius 3 is 2.20 bits per heavy atom. The molecule has 0 bridgehead atoms. The summed E-state index contributed by atoms with van der Waals surface area (Å²) in [5.74, 6) is -1.88. The fraction of sp³-hybridized carbons (Fsp3) is 0.974. The highest BCUT2D eigenvalue weighted by molar-refractivity contribution is 5.73. The summed E-state index contributed by atoms with van der Waals surface area (Å²) in [6.07, 6.45) is -3.80. The Morgan fingerprint density at radius 2 is 1.65 bits per heavy atom. The first-order chi connectivity index (χ1) is 23.6. The van der Waals surface area contributed by atoms with Gasteiger partial charge in [-0.15, -0.1) is 0 Å². The van der Waals surface area contributed by atoms with Crippen LogP contribution in [0.2, 0.25) is 0 Å². The fourth-order valence-corrected chi connectivity index (χ4v) is 8.28. The van der Waals surface area contributed by atoms with Gasteiger partial charge in [0, 0.05) is 38.0 Å². The number of carbonyl (C=O) groups is 1. The predicted octanol–water partition coefficient (Wildman–Crippen LogP) is 2.57. The van der Waals surface area contributed by atoms with E-state index in [-0.39, 0.29) is 31.2 Å². The van der Waals surface area contributed by atoms with Gasteiger partial charge >= 0.3 is 5.97 Å². The third kappa shape index (κ3) is 11.3. The molecule has 0 radical (unpaired) electrons. The SMILES string of the molecule is CC[C@H]1OC(=O)[C@H](C)[C@@H](O[C@H]2C[C@@](C)(OC)[C@@H](O)[C@H](C)O2)[C@H](C)[C@@H](O[C@H](O)C[C@H](CC2CC2)N(C)C)[C@](C)(O)C[C@@H](C)CN[C@H](C)[C@@H](O)[C@]1(C)O. The number of carbonyl (C=O) groups excluding carboxylic acids is 1. The second-order valence-electron chi connectivity index (χ2n) is 17.1. The average Bonchev–Trinajstić information content (AvgIpc) is 3.88. The molecule has 0 aromatic carbocycles. The summed E-state index contributed by atoms with van der Waals surface area (Å²) >= 11 is 0. The molecule has 13 nitrogen and oxygen atoms in total. The van der Waals surface area contributed by atoms with Crippen LogP contribution >= 0.6 is 0 Å². The van der Waals surface area contributed by atoms with Crippen molar-refractivity contribution in [2.45, 2.75) is 185 Å². The number of nitrogens with zero attached hydrogens (tertiary/aromatic N) is 1. The number of cyclic esters (lactones) is 1. The zero-order valence-corrected chi connectivity index (χ0v) is 33.4. The molecule has 3 aliphatic rings. The minimum Gasteiger partial charge on any atom is -0.459 e. The van der Waals surface area contributed by atoms with E-state index < -0.39 is 89.9 Å². The first kappa shape index (κ1) is 44.4. The summed E-state index contributed by atoms with van der Waals surface area (Å²) in [5, 5.41) is 60.9. The van der Waals surface area contributed by atoms with Crippen LogP contribution < -0.4 is 5.32 Å². The standard InChI is InChI=1S/C38H72N2O11/c1-13-28-38(9,46)32(42)24(5)39-20-21(2)18-36(7,45)34(50-29(41)17-27(40(10)11)16-26-14-15-26)22(3)31(23(4)35(44)49-28)51-30-19-37(8,47-12)33(43)25(6)48-30/h21-34,39,41-43,45-46H,13-20H2,1-12H3/t21-,22+,23-,24-,25+,27+,28-,29+,30+,31+,32-,33+,34-,36-,37-,38-/m1/s1. The maximum atomic E-state index is 14.1. The van der Waals surface area contributed by atoms with Gasteiger partial charge in [0.05, 0.1) is 35.4 Å². The van der Waals surface area contributed by atoms with E-state index in [1.165, 1.54) is 26.9 Å². The van der Waals surface area contributed by atoms with Crippen LogP contribution in [0.3, 0.4) is 0 Å². The highest BCUT2D eigenvalue weighted by Gasteiger charge is 2.51. The molecule has 0 amide bonds. The van der Waals surface area contributed by atoms with E-state index in [2.05, 4.69) is 10.2 Å². The second kappa shape index (κ2) is 18.1. The minimum absolute atomic E-state index is 0.0704. The fourth-order valence-electron chi connectivity index (χ4n) is 8.28. The number of nitrogens with one attached hydrogen (secondary N) is 1. The third-order valence-corrected chi connectivity index (χ3v) is 12.0. The van der Waals surface area contributed by atoms with Crippen LogP contribution in [-0.2, 0) is 28.5 Å². The molecule has 13 heteroatoms. The van der Waals surface area contributed by atoms with Gasteiger partial charge in [-0.2, -0.15) is 0 Å². The van der Waals surface area contributed by atoms with Crippen LogP contribution in [0.25, 0.3) is 0 Å². The van der Waals surface area contributed by atoms with Gasteiger partial charge in [-0.1, -0.05) is 33.6 Å². The number of aliphatic hydroxyl groups excluding tert-OH is 3. The smallest absolute Gasteiger partial charge is 0.311 e. The molecule has 3 rings (SSSR count). The summed E-state index contributed by atoms with van der Waals surface area (Å²) in [4.78, 5) is 16.2. The summed E-state index contributed by atoms with van der Waals surface area (Å²) in [6.45, 7) is 16.0. The molecule has 2 aliphatic heterocycles. The maximum absolute atomic E-state index is 14.1. The Bertz CT molecular complexity index is 1090. The van der Waals surface area contributed by atoms with E-state index in [9.17, 15) is 30.3 Å². The lowest BCUT2D eigenvalue weighted by atomic mass is 9.77. The summed E-state index contributed by atoms with van der Waals surface area (Å²) in [6, 6.07) is -0.502. The molecule has 1 saturated carbocycles. The van der Waals surface area contributed by atoms with Crippen molar-refractivity contribution in [3.8, 4) is 0 Å². The number of methoxy groups -OCH3 is 1. The van der Waals surface area contributed by atoms with Gasteiger partial charge in [0.25, 0.3) is 0 Å². The van der Waals surface area contributed by atoms with Crippen molar-refractivity contribution in [3.05, 3.63) is 0 Å². The van der Waals surface area contributed by atoms with E-state index in [4.69, 9.17) is 23.7 Å². The van der Waals surface area contributed by atoms with Crippen molar-refractivity contribution < 1.29 is 54.0 Å². The molecule has 1 aliphatic carbocycles. The molecule has 16 atom stereocenters. The zero-order chi connectivity index (χ0) is 38.6. The zero-order valence-electron chi connectivity index (χ0n) is 33.4. The lowest BCUT2D eigenvalue weighted by Gasteiger charge is -2.47. The molecule has 0 spiro atoms. The van der Waals surface area contributed by atoms with Gasteiger partial charge in [-0.05, 0) is 93.3 Å². The second-order valence-corrected chi connectivity index (χ2v) is 17.1. The van der Waals surface area contributed by atoms with E-state index in [1.807, 2.05) is 27.9 Å². The summed E-state index contributed by atoms with van der Waals surface area (Å²) < 4.78 is 31.0. The number of aliphatic hydroxyl groups is 5. The van der Waals surface area contributed by atoms with Gasteiger partial charge in [0.2, 0.25) is 0 Å². The van der Waals surface area contributed by atoms with Crippen LogP contribution in [0.1, 0.15) is 107 Å². The van der Waals surface area contributed by atoms with Crippen molar-refractivity contribution in [1.82, 2.24) is 10.2 Å². The molecule has 2 saturated heterocycles. The van der Waals surface area contributed by atoms with Gasteiger partial charge < -0.3 is 59.4 Å². The van der Waals surface area contributed by atoms with Crippen LogP contribution in [0.15, 0.2) is 0 Å². The number of ether oxygens (including phenoxy) is 5. The van der Waals surface area contributed by atoms with E-state index in [0.717, 1.165) is 6.42 Å². The molecule has 0 unspecified atom stereocenters. The van der Waals surface area contributed by atoms with Crippen LogP contribution in [-0.4, -0.2) is 142 Å². The average molecular weight is 733 g/mol. The predicted molar refractivity (Wildman–Crippen MR) is 193 cm³/mol. The van der Waals surface area contributed by atoms with Crippen molar-refractivity contribution in [2.24, 2.45) is 23.7 Å². The molecule has 300 valence electrons. The lowest BCUT2D eigenvalue weighted by Crippen LogP contribution is -2.59. The topological polar surface area (TPSA) is 180 Å².